The second kappa shape index (κ2) is 10.9. The lowest BCUT2D eigenvalue weighted by Gasteiger charge is -2.23. The van der Waals surface area contributed by atoms with Crippen LogP contribution >= 0.6 is 46.4 Å². The first kappa shape index (κ1) is 24.6. The molecule has 35 heavy (non-hydrogen) atoms. The molecule has 3 heterocycles. The van der Waals surface area contributed by atoms with E-state index in [1.165, 1.54) is 12.8 Å². The van der Waals surface area contributed by atoms with Crippen molar-refractivity contribution in [3.05, 3.63) is 68.2 Å². The molecule has 1 fully saturated rings. The molecular weight excluding hydrogens is 526 g/mol. The Balaban J connectivity index is 1.49. The molecule has 0 atom stereocenters. The average Bonchev–Trinajstić information content (AvgIpc) is 3.21. The van der Waals surface area contributed by atoms with Crippen LogP contribution < -0.4 is 10.6 Å². The van der Waals surface area contributed by atoms with Gasteiger partial charge in [0.15, 0.2) is 5.65 Å². The van der Waals surface area contributed by atoms with Crippen LogP contribution in [0.3, 0.4) is 0 Å². The Morgan fingerprint density at radius 2 is 1.71 bits per heavy atom. The number of hydrogen-bond donors (Lipinski definition) is 2. The summed E-state index contributed by atoms with van der Waals surface area (Å²) in [4.78, 5) is 14.1. The number of aryl methyl sites for hydroxylation is 1. The lowest BCUT2D eigenvalue weighted by atomic mass is 9.95. The summed E-state index contributed by atoms with van der Waals surface area (Å²) < 4.78 is 2.12. The number of nitrogens with zero attached hydrogens (tertiary/aromatic N) is 4. The number of fused-ring (bicyclic) bond motifs is 1. The van der Waals surface area contributed by atoms with Gasteiger partial charge in [-0.05, 0) is 68.1 Å². The number of rotatable bonds is 7. The number of anilines is 1. The zero-order valence-corrected chi connectivity index (χ0v) is 21.9. The van der Waals surface area contributed by atoms with Gasteiger partial charge in [-0.25, -0.2) is 9.97 Å². The van der Waals surface area contributed by atoms with E-state index in [-0.39, 0.29) is 0 Å². The third kappa shape index (κ3) is 5.52. The van der Waals surface area contributed by atoms with Crippen molar-refractivity contribution in [1.29, 1.82) is 0 Å². The van der Waals surface area contributed by atoms with E-state index in [2.05, 4.69) is 20.2 Å². The fraction of sp³-hybridized carbons (Fsp3) is 0.320. The van der Waals surface area contributed by atoms with Crippen molar-refractivity contribution in [2.75, 3.05) is 18.4 Å². The Bertz CT molecular complexity index is 1330. The molecule has 182 valence electrons. The Labute approximate surface area is 224 Å². The molecule has 6 nitrogen and oxygen atoms in total. The number of benzene rings is 2. The van der Waals surface area contributed by atoms with Gasteiger partial charge in [0.05, 0.1) is 31.9 Å². The van der Waals surface area contributed by atoms with Crippen LogP contribution in [-0.2, 0) is 13.1 Å². The minimum atomic E-state index is 0.503. The monoisotopic (exact) mass is 548 g/mol. The maximum Gasteiger partial charge on any atom is 0.225 e. The van der Waals surface area contributed by atoms with Gasteiger partial charge in [-0.15, -0.1) is 0 Å². The third-order valence-electron chi connectivity index (χ3n) is 6.33. The number of hydrogen-bond acceptors (Lipinski definition) is 5. The number of imidazole rings is 1. The predicted molar refractivity (Wildman–Crippen MR) is 145 cm³/mol. The second-order valence-electron chi connectivity index (χ2n) is 8.67. The van der Waals surface area contributed by atoms with Gasteiger partial charge in [-0.2, -0.15) is 4.98 Å². The number of piperidine rings is 1. The van der Waals surface area contributed by atoms with Crippen molar-refractivity contribution >= 4 is 63.5 Å². The molecule has 10 heteroatoms. The van der Waals surface area contributed by atoms with Crippen molar-refractivity contribution in [2.24, 2.45) is 5.92 Å². The van der Waals surface area contributed by atoms with Gasteiger partial charge >= 0.3 is 0 Å². The molecule has 0 radical (unpaired) electrons. The summed E-state index contributed by atoms with van der Waals surface area (Å²) in [5.41, 5.74) is 3.13. The molecule has 0 aliphatic carbocycles. The summed E-state index contributed by atoms with van der Waals surface area (Å²) in [6, 6.07) is 11.0. The number of halogens is 4. The van der Waals surface area contributed by atoms with Crippen molar-refractivity contribution in [2.45, 2.75) is 32.4 Å². The normalized spacial score (nSPS) is 14.5. The molecule has 2 N–H and O–H groups in total. The molecule has 2 aromatic heterocycles. The molecule has 4 aromatic rings. The highest BCUT2D eigenvalue weighted by Crippen LogP contribution is 2.36. The molecule has 0 spiro atoms. The fourth-order valence-electron chi connectivity index (χ4n) is 4.43. The summed E-state index contributed by atoms with van der Waals surface area (Å²) in [7, 11) is 0. The topological polar surface area (TPSA) is 67.7 Å². The van der Waals surface area contributed by atoms with Crippen molar-refractivity contribution in [3.8, 4) is 11.4 Å². The van der Waals surface area contributed by atoms with Gasteiger partial charge < -0.3 is 15.2 Å². The largest absolute Gasteiger partial charge is 0.350 e. The maximum absolute atomic E-state index is 6.57. The van der Waals surface area contributed by atoms with E-state index in [1.807, 2.05) is 30.3 Å². The average molecular weight is 550 g/mol. The molecule has 5 rings (SSSR count). The van der Waals surface area contributed by atoms with E-state index >= 15 is 0 Å². The molecule has 0 unspecified atom stereocenters. The zero-order chi connectivity index (χ0) is 24.4. The van der Waals surface area contributed by atoms with Crippen LogP contribution in [0.25, 0.3) is 22.6 Å². The van der Waals surface area contributed by atoms with Crippen LogP contribution in [0.15, 0.2) is 42.6 Å². The third-order valence-corrected chi connectivity index (χ3v) is 7.70. The Morgan fingerprint density at radius 1 is 0.943 bits per heavy atom. The van der Waals surface area contributed by atoms with Gasteiger partial charge in [-0.3, -0.25) is 0 Å². The highest BCUT2D eigenvalue weighted by molar-refractivity contribution is 6.42. The zero-order valence-electron chi connectivity index (χ0n) is 18.9. The van der Waals surface area contributed by atoms with Gasteiger partial charge in [0.1, 0.15) is 11.3 Å². The molecule has 1 saturated heterocycles. The molecule has 0 bridgehead atoms. The van der Waals surface area contributed by atoms with Crippen LogP contribution in [-0.4, -0.2) is 32.6 Å². The van der Waals surface area contributed by atoms with Gasteiger partial charge in [0.2, 0.25) is 5.95 Å². The van der Waals surface area contributed by atoms with Gasteiger partial charge in [0.25, 0.3) is 0 Å². The lowest BCUT2D eigenvalue weighted by Crippen LogP contribution is -2.28. The van der Waals surface area contributed by atoms with Crippen LogP contribution in [0.4, 0.5) is 5.95 Å². The van der Waals surface area contributed by atoms with Crippen LogP contribution in [0.2, 0.25) is 20.1 Å². The SMILES string of the molecule is Clc1ccc(CNc2ncc3nc(-c4c(Cl)cccc4Cl)n(CCC4CCNCC4)c3n2)cc1Cl. The Kier molecular flexibility index (Phi) is 7.65. The van der Waals surface area contributed by atoms with Crippen molar-refractivity contribution in [3.63, 3.8) is 0 Å². The molecule has 1 aliphatic rings. The first-order valence-electron chi connectivity index (χ1n) is 11.6. The van der Waals surface area contributed by atoms with Crippen LogP contribution in [0.5, 0.6) is 0 Å². The summed E-state index contributed by atoms with van der Waals surface area (Å²) in [6.45, 7) is 3.39. The molecule has 1 aliphatic heterocycles. The minimum absolute atomic E-state index is 0.503. The predicted octanol–water partition coefficient (Wildman–Crippen LogP) is 7.11. The Hall–Kier alpha value is -2.09. The number of nitrogens with one attached hydrogen (secondary N) is 2. The van der Waals surface area contributed by atoms with E-state index < -0.39 is 0 Å². The van der Waals surface area contributed by atoms with E-state index in [0.717, 1.165) is 37.3 Å². The summed E-state index contributed by atoms with van der Waals surface area (Å²) in [5, 5.41) is 8.86. The van der Waals surface area contributed by atoms with E-state index in [9.17, 15) is 0 Å². The van der Waals surface area contributed by atoms with Crippen molar-refractivity contribution < 1.29 is 0 Å². The first-order chi connectivity index (χ1) is 17.0. The highest BCUT2D eigenvalue weighted by Gasteiger charge is 2.21. The summed E-state index contributed by atoms with van der Waals surface area (Å²) >= 11 is 25.3. The second-order valence-corrected chi connectivity index (χ2v) is 10.3. The van der Waals surface area contributed by atoms with E-state index in [0.29, 0.717) is 55.4 Å². The Morgan fingerprint density at radius 3 is 2.46 bits per heavy atom. The highest BCUT2D eigenvalue weighted by atomic mass is 35.5. The van der Waals surface area contributed by atoms with E-state index in [1.54, 1.807) is 12.3 Å². The molecular formula is C25H24Cl4N6. The van der Waals surface area contributed by atoms with Gasteiger partial charge in [0, 0.05) is 13.1 Å². The fourth-order valence-corrected chi connectivity index (χ4v) is 5.32. The maximum atomic E-state index is 6.57. The van der Waals surface area contributed by atoms with Crippen LogP contribution in [0, 0.1) is 5.92 Å². The van der Waals surface area contributed by atoms with Gasteiger partial charge in [-0.1, -0.05) is 58.5 Å². The summed E-state index contributed by atoms with van der Waals surface area (Å²) in [6.07, 6.45) is 5.09. The van der Waals surface area contributed by atoms with E-state index in [4.69, 9.17) is 56.4 Å². The van der Waals surface area contributed by atoms with Crippen LogP contribution in [0.1, 0.15) is 24.8 Å². The smallest absolute Gasteiger partial charge is 0.225 e. The summed E-state index contributed by atoms with van der Waals surface area (Å²) in [5.74, 6) is 1.86. The number of aromatic nitrogens is 4. The standard InChI is InChI=1S/C25H24Cl4N6/c26-17-5-4-16(12-20(17)29)13-31-25-32-14-21-23(34-25)35(11-8-15-6-9-30-10-7-15)24(33-21)22-18(27)2-1-3-19(22)28/h1-5,12,14-15,30H,6-11,13H2,(H,31,32,34). The molecule has 0 amide bonds. The molecule has 2 aromatic carbocycles. The first-order valence-corrected chi connectivity index (χ1v) is 13.1. The van der Waals surface area contributed by atoms with Crippen molar-refractivity contribution in [1.82, 2.24) is 24.8 Å². The minimum Gasteiger partial charge on any atom is -0.350 e. The molecule has 0 saturated carbocycles. The quantitative estimate of drug-likeness (QED) is 0.257. The lowest BCUT2D eigenvalue weighted by molar-refractivity contribution is 0.339.